The van der Waals surface area contributed by atoms with E-state index in [9.17, 15) is 4.79 Å². The van der Waals surface area contributed by atoms with Gasteiger partial charge >= 0.3 is 6.09 Å². The lowest BCUT2D eigenvalue weighted by molar-refractivity contribution is 0.0144. The van der Waals surface area contributed by atoms with E-state index >= 15 is 0 Å². The Bertz CT molecular complexity index is 446. The fourth-order valence-corrected chi connectivity index (χ4v) is 3.28. The third-order valence-electron chi connectivity index (χ3n) is 3.79. The summed E-state index contributed by atoms with van der Waals surface area (Å²) in [7, 11) is 0. The maximum absolute atomic E-state index is 12.0. The van der Waals surface area contributed by atoms with E-state index in [0.717, 1.165) is 32.7 Å². The molecule has 1 aromatic rings. The predicted octanol–water partition coefficient (Wildman–Crippen LogP) is 3.62. The van der Waals surface area contributed by atoms with Gasteiger partial charge in [-0.2, -0.15) is 11.3 Å². The highest BCUT2D eigenvalue weighted by molar-refractivity contribution is 7.07. The number of ether oxygens (including phenoxy) is 1. The van der Waals surface area contributed by atoms with Gasteiger partial charge in [0.15, 0.2) is 0 Å². The van der Waals surface area contributed by atoms with Gasteiger partial charge in [0.1, 0.15) is 5.60 Å². The van der Waals surface area contributed by atoms with Crippen molar-refractivity contribution in [1.82, 2.24) is 9.80 Å². The second-order valence-corrected chi connectivity index (χ2v) is 7.68. The van der Waals surface area contributed by atoms with Crippen molar-refractivity contribution in [3.8, 4) is 0 Å². The highest BCUT2D eigenvalue weighted by atomic mass is 32.1. The molecular formula is C17H28N2O2S. The number of carbonyl (C=O) groups excluding carboxylic acids is 1. The molecule has 0 spiro atoms. The Morgan fingerprint density at radius 1 is 1.23 bits per heavy atom. The number of amides is 1. The van der Waals surface area contributed by atoms with Crippen molar-refractivity contribution in [3.05, 3.63) is 22.4 Å². The lowest BCUT2D eigenvalue weighted by Crippen LogP contribution is -2.50. The van der Waals surface area contributed by atoms with E-state index in [1.165, 1.54) is 24.8 Å². The van der Waals surface area contributed by atoms with Crippen molar-refractivity contribution in [2.75, 3.05) is 32.7 Å². The molecule has 0 aromatic carbocycles. The molecule has 0 saturated carbocycles. The molecule has 1 aliphatic heterocycles. The molecule has 1 fully saturated rings. The maximum atomic E-state index is 12.0. The van der Waals surface area contributed by atoms with Gasteiger partial charge in [-0.25, -0.2) is 4.79 Å². The van der Waals surface area contributed by atoms with Crippen LogP contribution in [-0.4, -0.2) is 54.2 Å². The molecule has 0 N–H and O–H groups in total. The smallest absolute Gasteiger partial charge is 0.410 e. The van der Waals surface area contributed by atoms with Gasteiger partial charge in [-0.3, -0.25) is 4.90 Å². The molecular weight excluding hydrogens is 296 g/mol. The minimum absolute atomic E-state index is 0.176. The fraction of sp³-hybridized carbons (Fsp3) is 0.706. The SMILES string of the molecule is CC(C)(C)OC(=O)N1CCN(CCCCc2ccsc2)CC1. The minimum Gasteiger partial charge on any atom is -0.444 e. The van der Waals surface area contributed by atoms with Crippen molar-refractivity contribution in [2.24, 2.45) is 0 Å². The number of carbonyl (C=O) groups is 1. The third kappa shape index (κ3) is 5.97. The van der Waals surface area contributed by atoms with Gasteiger partial charge in [-0.15, -0.1) is 0 Å². The van der Waals surface area contributed by atoms with Crippen LogP contribution in [0.3, 0.4) is 0 Å². The Hall–Kier alpha value is -1.07. The molecule has 5 heteroatoms. The van der Waals surface area contributed by atoms with Crippen LogP contribution < -0.4 is 0 Å². The minimum atomic E-state index is -0.407. The van der Waals surface area contributed by atoms with Crippen LogP contribution in [0.4, 0.5) is 4.79 Å². The van der Waals surface area contributed by atoms with Gasteiger partial charge in [-0.1, -0.05) is 0 Å². The zero-order valence-electron chi connectivity index (χ0n) is 14.0. The largest absolute Gasteiger partial charge is 0.444 e. The molecule has 1 aromatic heterocycles. The standard InChI is InChI=1S/C17H28N2O2S/c1-17(2,3)21-16(20)19-11-9-18(10-12-19)8-5-4-6-15-7-13-22-14-15/h7,13-14H,4-6,8-12H2,1-3H3. The van der Waals surface area contributed by atoms with Gasteiger partial charge < -0.3 is 9.64 Å². The first kappa shape index (κ1) is 17.3. The van der Waals surface area contributed by atoms with Gasteiger partial charge in [0.2, 0.25) is 0 Å². The summed E-state index contributed by atoms with van der Waals surface area (Å²) in [5, 5.41) is 4.38. The third-order valence-corrected chi connectivity index (χ3v) is 4.53. The zero-order valence-corrected chi connectivity index (χ0v) is 14.8. The molecule has 1 saturated heterocycles. The van der Waals surface area contributed by atoms with E-state index in [-0.39, 0.29) is 6.09 Å². The summed E-state index contributed by atoms with van der Waals surface area (Å²) >= 11 is 1.77. The second-order valence-electron chi connectivity index (χ2n) is 6.90. The van der Waals surface area contributed by atoms with Gasteiger partial charge in [0.25, 0.3) is 0 Å². The number of nitrogens with zero attached hydrogens (tertiary/aromatic N) is 2. The molecule has 0 bridgehead atoms. The van der Waals surface area contributed by atoms with E-state index in [1.807, 2.05) is 25.7 Å². The summed E-state index contributed by atoms with van der Waals surface area (Å²) in [5.41, 5.74) is 1.05. The Balaban J connectivity index is 1.59. The molecule has 0 atom stereocenters. The lowest BCUT2D eigenvalue weighted by Gasteiger charge is -2.35. The Morgan fingerprint density at radius 2 is 1.95 bits per heavy atom. The molecule has 4 nitrogen and oxygen atoms in total. The van der Waals surface area contributed by atoms with Crippen molar-refractivity contribution >= 4 is 17.4 Å². The molecule has 0 unspecified atom stereocenters. The van der Waals surface area contributed by atoms with Crippen molar-refractivity contribution in [2.45, 2.75) is 45.6 Å². The van der Waals surface area contributed by atoms with Crippen LogP contribution in [0.5, 0.6) is 0 Å². The van der Waals surface area contributed by atoms with Crippen LogP contribution in [0, 0.1) is 0 Å². The molecule has 22 heavy (non-hydrogen) atoms. The molecule has 0 radical (unpaired) electrons. The van der Waals surface area contributed by atoms with E-state index in [0.29, 0.717) is 0 Å². The monoisotopic (exact) mass is 324 g/mol. The maximum Gasteiger partial charge on any atom is 0.410 e. The van der Waals surface area contributed by atoms with E-state index in [1.54, 1.807) is 11.3 Å². The van der Waals surface area contributed by atoms with Crippen LogP contribution in [0.1, 0.15) is 39.2 Å². The molecule has 2 rings (SSSR count). The number of piperazine rings is 1. The van der Waals surface area contributed by atoms with Crippen LogP contribution in [0.15, 0.2) is 16.8 Å². The van der Waals surface area contributed by atoms with Crippen molar-refractivity contribution < 1.29 is 9.53 Å². The number of thiophene rings is 1. The predicted molar refractivity (Wildman–Crippen MR) is 91.5 cm³/mol. The number of hydrogen-bond donors (Lipinski definition) is 0. The Kier molecular flexibility index (Phi) is 6.26. The van der Waals surface area contributed by atoms with Crippen molar-refractivity contribution in [3.63, 3.8) is 0 Å². The molecule has 2 heterocycles. The average molecular weight is 324 g/mol. The summed E-state index contributed by atoms with van der Waals surface area (Å²) < 4.78 is 5.42. The van der Waals surface area contributed by atoms with Gasteiger partial charge in [0.05, 0.1) is 0 Å². The summed E-state index contributed by atoms with van der Waals surface area (Å²) in [6.45, 7) is 10.3. The zero-order chi connectivity index (χ0) is 16.0. The van der Waals surface area contributed by atoms with Crippen LogP contribution in [0.2, 0.25) is 0 Å². The highest BCUT2D eigenvalue weighted by Crippen LogP contribution is 2.13. The number of rotatable bonds is 5. The topological polar surface area (TPSA) is 32.8 Å². The fourth-order valence-electron chi connectivity index (χ4n) is 2.58. The first-order valence-electron chi connectivity index (χ1n) is 8.15. The number of unbranched alkanes of at least 4 members (excludes halogenated alkanes) is 1. The van der Waals surface area contributed by atoms with E-state index in [2.05, 4.69) is 21.7 Å². The summed E-state index contributed by atoms with van der Waals surface area (Å²) in [4.78, 5) is 16.3. The van der Waals surface area contributed by atoms with E-state index in [4.69, 9.17) is 4.74 Å². The Morgan fingerprint density at radius 3 is 2.55 bits per heavy atom. The molecule has 124 valence electrons. The van der Waals surface area contributed by atoms with Gasteiger partial charge in [-0.05, 0) is 69.0 Å². The second kappa shape index (κ2) is 7.97. The van der Waals surface area contributed by atoms with Gasteiger partial charge in [0, 0.05) is 26.2 Å². The van der Waals surface area contributed by atoms with Crippen LogP contribution in [-0.2, 0) is 11.2 Å². The first-order chi connectivity index (χ1) is 10.4. The summed E-state index contributed by atoms with van der Waals surface area (Å²) in [6, 6.07) is 2.21. The average Bonchev–Trinajstić information content (AvgIpc) is 2.95. The quantitative estimate of drug-likeness (QED) is 0.776. The van der Waals surface area contributed by atoms with Crippen molar-refractivity contribution in [1.29, 1.82) is 0 Å². The summed E-state index contributed by atoms with van der Waals surface area (Å²) in [6.07, 6.45) is 3.47. The van der Waals surface area contributed by atoms with Crippen LogP contribution >= 0.6 is 11.3 Å². The van der Waals surface area contributed by atoms with Crippen LogP contribution in [0.25, 0.3) is 0 Å². The molecule has 0 aliphatic carbocycles. The normalized spacial score (nSPS) is 16.8. The first-order valence-corrected chi connectivity index (χ1v) is 9.10. The number of hydrogen-bond acceptors (Lipinski definition) is 4. The Labute approximate surface area is 138 Å². The summed E-state index contributed by atoms with van der Waals surface area (Å²) in [5.74, 6) is 0. The van der Waals surface area contributed by atoms with E-state index < -0.39 is 5.60 Å². The number of aryl methyl sites for hydroxylation is 1. The lowest BCUT2D eigenvalue weighted by atomic mass is 10.1. The molecule has 1 aliphatic rings. The molecule has 1 amide bonds. The highest BCUT2D eigenvalue weighted by Gasteiger charge is 2.25.